The fraction of sp³-hybridized carbons (Fsp3) is 0.722. The summed E-state index contributed by atoms with van der Waals surface area (Å²) in [4.78, 5) is 28.7. The lowest BCUT2D eigenvalue weighted by atomic mass is 9.87. The van der Waals surface area contributed by atoms with Crippen LogP contribution in [0.3, 0.4) is 0 Å². The molecule has 2 aliphatic carbocycles. The highest BCUT2D eigenvalue weighted by Crippen LogP contribution is 2.34. The van der Waals surface area contributed by atoms with Crippen molar-refractivity contribution in [2.45, 2.75) is 70.1 Å². The lowest BCUT2D eigenvalue weighted by Gasteiger charge is -2.20. The van der Waals surface area contributed by atoms with Gasteiger partial charge >= 0.3 is 0 Å². The van der Waals surface area contributed by atoms with Crippen LogP contribution in [0.5, 0.6) is 0 Å². The molecule has 1 aromatic rings. The lowest BCUT2D eigenvalue weighted by molar-refractivity contribution is -0.128. The third-order valence-electron chi connectivity index (χ3n) is 5.19. The zero-order valence-electron chi connectivity index (χ0n) is 14.2. The summed E-state index contributed by atoms with van der Waals surface area (Å²) in [5, 5.41) is 8.29. The van der Waals surface area contributed by atoms with Crippen molar-refractivity contribution in [3.8, 4) is 0 Å². The summed E-state index contributed by atoms with van der Waals surface area (Å²) < 4.78 is 0. The first-order valence-corrected chi connectivity index (χ1v) is 10.1. The van der Waals surface area contributed by atoms with Gasteiger partial charge in [-0.25, -0.2) is 4.98 Å². The van der Waals surface area contributed by atoms with Crippen LogP contribution in [0.1, 0.15) is 75.8 Å². The smallest absolute Gasteiger partial charge is 0.245 e. The maximum absolute atomic E-state index is 12.1. The average molecular weight is 350 g/mol. The molecule has 3 rings (SSSR count). The number of carbonyl (C=O) groups is 2. The van der Waals surface area contributed by atoms with E-state index in [-0.39, 0.29) is 24.3 Å². The monoisotopic (exact) mass is 349 g/mol. The van der Waals surface area contributed by atoms with Gasteiger partial charge in [0.25, 0.3) is 0 Å². The number of thiazole rings is 1. The number of carbonyl (C=O) groups excluding carboxylic acids is 2. The van der Waals surface area contributed by atoms with E-state index in [2.05, 4.69) is 21.0 Å². The van der Waals surface area contributed by atoms with Crippen LogP contribution >= 0.6 is 11.3 Å². The molecule has 2 aliphatic rings. The summed E-state index contributed by atoms with van der Waals surface area (Å²) in [5.74, 6) is 0.464. The van der Waals surface area contributed by atoms with Gasteiger partial charge in [0, 0.05) is 17.2 Å². The molecule has 0 aliphatic heterocycles. The van der Waals surface area contributed by atoms with Crippen LogP contribution in [0.15, 0.2) is 5.38 Å². The Hall–Kier alpha value is -1.43. The second-order valence-electron chi connectivity index (χ2n) is 7.01. The summed E-state index contributed by atoms with van der Waals surface area (Å²) in [6.07, 6.45) is 11.6. The summed E-state index contributed by atoms with van der Waals surface area (Å²) in [5.41, 5.74) is 1.11. The Morgan fingerprint density at radius 1 is 1.04 bits per heavy atom. The van der Waals surface area contributed by atoms with E-state index in [0.717, 1.165) is 31.4 Å². The molecule has 2 saturated carbocycles. The van der Waals surface area contributed by atoms with Crippen molar-refractivity contribution in [3.05, 3.63) is 11.1 Å². The van der Waals surface area contributed by atoms with Gasteiger partial charge in [-0.15, -0.1) is 11.3 Å². The number of nitrogens with zero attached hydrogens (tertiary/aromatic N) is 1. The minimum absolute atomic E-state index is 0.0203. The zero-order valence-corrected chi connectivity index (χ0v) is 15.0. The first kappa shape index (κ1) is 17.4. The molecule has 0 spiro atoms. The molecule has 132 valence electrons. The van der Waals surface area contributed by atoms with Gasteiger partial charge in [-0.1, -0.05) is 38.5 Å². The fourth-order valence-corrected chi connectivity index (χ4v) is 4.58. The van der Waals surface area contributed by atoms with Crippen molar-refractivity contribution in [1.29, 1.82) is 0 Å². The highest BCUT2D eigenvalue weighted by Gasteiger charge is 2.22. The van der Waals surface area contributed by atoms with Crippen LogP contribution in [-0.4, -0.2) is 23.3 Å². The molecule has 2 amide bonds. The highest BCUT2D eigenvalue weighted by atomic mass is 32.1. The van der Waals surface area contributed by atoms with Crippen molar-refractivity contribution < 1.29 is 9.59 Å². The van der Waals surface area contributed by atoms with Gasteiger partial charge in [-0.3, -0.25) is 9.59 Å². The van der Waals surface area contributed by atoms with Crippen LogP contribution in [0.25, 0.3) is 0 Å². The second kappa shape index (κ2) is 8.60. The number of nitrogens with one attached hydrogen (secondary N) is 2. The number of amides is 2. The normalized spacial score (nSPS) is 19.8. The Balaban J connectivity index is 1.43. The molecule has 0 bridgehead atoms. The van der Waals surface area contributed by atoms with Crippen molar-refractivity contribution in [2.75, 3.05) is 11.9 Å². The van der Waals surface area contributed by atoms with Gasteiger partial charge in [-0.2, -0.15) is 0 Å². The molecular formula is C18H27N3O2S. The van der Waals surface area contributed by atoms with E-state index >= 15 is 0 Å². The van der Waals surface area contributed by atoms with Crippen molar-refractivity contribution in [3.63, 3.8) is 0 Å². The topological polar surface area (TPSA) is 71.1 Å². The first-order chi connectivity index (χ1) is 11.7. The summed E-state index contributed by atoms with van der Waals surface area (Å²) >= 11 is 1.48. The largest absolute Gasteiger partial charge is 0.347 e. The lowest BCUT2D eigenvalue weighted by Crippen LogP contribution is -2.37. The van der Waals surface area contributed by atoms with E-state index in [1.165, 1.54) is 49.9 Å². The van der Waals surface area contributed by atoms with E-state index in [0.29, 0.717) is 11.0 Å². The molecule has 0 saturated heterocycles. The maximum Gasteiger partial charge on any atom is 0.245 e. The van der Waals surface area contributed by atoms with E-state index in [1.807, 2.05) is 0 Å². The molecule has 24 heavy (non-hydrogen) atoms. The van der Waals surface area contributed by atoms with Crippen molar-refractivity contribution in [2.24, 2.45) is 5.92 Å². The predicted octanol–water partition coefficient (Wildman–Crippen LogP) is 3.83. The summed E-state index contributed by atoms with van der Waals surface area (Å²) in [6.45, 7) is 0.0354. The number of rotatable bonds is 5. The van der Waals surface area contributed by atoms with Gasteiger partial charge in [0.2, 0.25) is 11.8 Å². The van der Waals surface area contributed by atoms with Gasteiger partial charge in [-0.05, 0) is 25.7 Å². The Morgan fingerprint density at radius 3 is 2.42 bits per heavy atom. The van der Waals surface area contributed by atoms with Crippen molar-refractivity contribution >= 4 is 28.3 Å². The highest BCUT2D eigenvalue weighted by molar-refractivity contribution is 7.13. The van der Waals surface area contributed by atoms with Gasteiger partial charge < -0.3 is 10.6 Å². The van der Waals surface area contributed by atoms with Crippen LogP contribution in [0.2, 0.25) is 0 Å². The minimum Gasteiger partial charge on any atom is -0.347 e. The molecule has 2 fully saturated rings. The third kappa shape index (κ3) is 4.79. The van der Waals surface area contributed by atoms with Crippen LogP contribution in [0.4, 0.5) is 5.13 Å². The zero-order chi connectivity index (χ0) is 16.8. The Bertz CT molecular complexity index is 560. The molecule has 1 heterocycles. The predicted molar refractivity (Wildman–Crippen MR) is 96.2 cm³/mol. The number of anilines is 1. The summed E-state index contributed by atoms with van der Waals surface area (Å²) in [7, 11) is 0. The molecule has 6 heteroatoms. The molecule has 0 atom stereocenters. The molecule has 2 N–H and O–H groups in total. The summed E-state index contributed by atoms with van der Waals surface area (Å²) in [6, 6.07) is 0. The fourth-order valence-electron chi connectivity index (χ4n) is 3.77. The van der Waals surface area contributed by atoms with E-state index in [9.17, 15) is 9.59 Å². The molecule has 0 aromatic carbocycles. The molecule has 0 unspecified atom stereocenters. The standard InChI is InChI=1S/C18H27N3O2S/c22-16(11-19-17(23)14-9-5-2-6-10-14)21-18-20-15(12-24-18)13-7-3-1-4-8-13/h12-14H,1-11H2,(H,19,23)(H,20,21,22). The Labute approximate surface area is 147 Å². The SMILES string of the molecule is O=C(CNC(=O)C1CCCCC1)Nc1nc(C2CCCCC2)cs1. The number of aromatic nitrogens is 1. The first-order valence-electron chi connectivity index (χ1n) is 9.25. The Morgan fingerprint density at radius 2 is 1.71 bits per heavy atom. The van der Waals surface area contributed by atoms with Gasteiger partial charge in [0.15, 0.2) is 5.13 Å². The minimum atomic E-state index is -0.191. The second-order valence-corrected chi connectivity index (χ2v) is 7.87. The maximum atomic E-state index is 12.1. The van der Waals surface area contributed by atoms with Crippen LogP contribution < -0.4 is 10.6 Å². The van der Waals surface area contributed by atoms with Crippen LogP contribution in [-0.2, 0) is 9.59 Å². The molecule has 5 nitrogen and oxygen atoms in total. The van der Waals surface area contributed by atoms with E-state index in [1.54, 1.807) is 0 Å². The van der Waals surface area contributed by atoms with Crippen LogP contribution in [0, 0.1) is 5.92 Å². The van der Waals surface area contributed by atoms with E-state index in [4.69, 9.17) is 0 Å². The average Bonchev–Trinajstić information content (AvgIpc) is 3.09. The van der Waals surface area contributed by atoms with E-state index < -0.39 is 0 Å². The Kier molecular flexibility index (Phi) is 6.24. The van der Waals surface area contributed by atoms with Gasteiger partial charge in [0.05, 0.1) is 12.2 Å². The molecular weight excluding hydrogens is 322 g/mol. The number of hydrogen-bond donors (Lipinski definition) is 2. The van der Waals surface area contributed by atoms with Crippen molar-refractivity contribution in [1.82, 2.24) is 10.3 Å². The quantitative estimate of drug-likeness (QED) is 0.849. The molecule has 0 radical (unpaired) electrons. The molecule has 1 aromatic heterocycles. The third-order valence-corrected chi connectivity index (χ3v) is 5.97. The van der Waals surface area contributed by atoms with Gasteiger partial charge in [0.1, 0.15) is 0 Å². The number of hydrogen-bond acceptors (Lipinski definition) is 4.